The van der Waals surface area contributed by atoms with Crippen molar-refractivity contribution in [2.24, 2.45) is 17.6 Å². The number of Topliss-reactive ketones (excluding diaryl/α,β-unsaturated/α-hetero) is 1. The van der Waals surface area contributed by atoms with Crippen LogP contribution in [-0.4, -0.2) is 21.8 Å². The maximum absolute atomic E-state index is 13.6. The minimum absolute atomic E-state index is 0.0813. The summed E-state index contributed by atoms with van der Waals surface area (Å²) in [6, 6.07) is 7.67. The number of nitrogens with one attached hydrogen (secondary N) is 1. The summed E-state index contributed by atoms with van der Waals surface area (Å²) in [6.07, 6.45) is 5.82. The number of hydrogen-bond acceptors (Lipinski definition) is 3. The lowest BCUT2D eigenvalue weighted by Crippen LogP contribution is -2.32. The van der Waals surface area contributed by atoms with Gasteiger partial charge in [0.15, 0.2) is 11.6 Å². The summed E-state index contributed by atoms with van der Waals surface area (Å²) in [5.74, 6) is -0.941. The van der Waals surface area contributed by atoms with Gasteiger partial charge in [0.2, 0.25) is 0 Å². The monoisotopic (exact) mass is 397 g/mol. The first-order valence-electron chi connectivity index (χ1n) is 10.1. The molecule has 0 aliphatic heterocycles. The molecule has 1 saturated carbocycles. The molecule has 0 radical (unpaired) electrons. The topological polar surface area (TPSA) is 71.8 Å². The first-order valence-corrected chi connectivity index (χ1v) is 10.1. The molecule has 1 aliphatic rings. The zero-order valence-corrected chi connectivity index (χ0v) is 16.4. The van der Waals surface area contributed by atoms with Gasteiger partial charge in [0.1, 0.15) is 11.4 Å². The van der Waals surface area contributed by atoms with E-state index in [-0.39, 0.29) is 17.7 Å². The normalized spacial score (nSPS) is 20.7. The second-order valence-electron chi connectivity index (χ2n) is 8.16. The lowest BCUT2D eigenvalue weighted by Gasteiger charge is -2.30. The number of aromatic nitrogens is 2. The van der Waals surface area contributed by atoms with E-state index in [0.29, 0.717) is 29.2 Å². The summed E-state index contributed by atoms with van der Waals surface area (Å²) in [4.78, 5) is 20.4. The predicted octanol–water partition coefficient (Wildman–Crippen LogP) is 4.77. The highest BCUT2D eigenvalue weighted by molar-refractivity contribution is 5.91. The maximum atomic E-state index is 13.6. The van der Waals surface area contributed by atoms with Crippen LogP contribution in [0.15, 0.2) is 36.5 Å². The SMILES string of the molecule is C[C@@H](N)C1CCC(C(=O)Cc2ccnc3[nH]c(-c4ccc(F)c(F)c4)cc23)CC1. The largest absolute Gasteiger partial charge is 0.339 e. The van der Waals surface area contributed by atoms with Gasteiger partial charge in [-0.05, 0) is 74.4 Å². The lowest BCUT2D eigenvalue weighted by molar-refractivity contribution is -0.123. The standard InChI is InChI=1S/C23H25F2N3O/c1-13(26)14-2-4-15(5-3-14)22(29)11-16-8-9-27-23-18(16)12-21(28-23)17-6-7-19(24)20(25)10-17/h6-10,12-15H,2-5,11,26H2,1H3,(H,27,28)/t13-,14?,15?/m1/s1. The summed E-state index contributed by atoms with van der Waals surface area (Å²) < 4.78 is 26.8. The first-order chi connectivity index (χ1) is 13.9. The van der Waals surface area contributed by atoms with E-state index in [1.165, 1.54) is 6.07 Å². The summed E-state index contributed by atoms with van der Waals surface area (Å²) in [6.45, 7) is 2.04. The van der Waals surface area contributed by atoms with Crippen molar-refractivity contribution in [1.29, 1.82) is 0 Å². The third kappa shape index (κ3) is 4.08. The number of fused-ring (bicyclic) bond motifs is 1. The van der Waals surface area contributed by atoms with Crippen molar-refractivity contribution in [3.05, 3.63) is 53.7 Å². The molecular weight excluding hydrogens is 372 g/mol. The molecule has 1 aromatic carbocycles. The highest BCUT2D eigenvalue weighted by atomic mass is 19.2. The molecule has 0 unspecified atom stereocenters. The number of H-pyrrole nitrogens is 1. The fraction of sp³-hybridized carbons (Fsp3) is 0.391. The molecular formula is C23H25F2N3O. The van der Waals surface area contributed by atoms with Gasteiger partial charge in [-0.25, -0.2) is 13.8 Å². The number of carbonyl (C=O) groups excluding carboxylic acids is 1. The fourth-order valence-corrected chi connectivity index (χ4v) is 4.35. The van der Waals surface area contributed by atoms with Crippen LogP contribution in [0.25, 0.3) is 22.3 Å². The molecule has 1 aliphatic carbocycles. The summed E-state index contributed by atoms with van der Waals surface area (Å²) in [7, 11) is 0. The Labute approximate surface area is 168 Å². The van der Waals surface area contributed by atoms with Crippen LogP contribution in [0.3, 0.4) is 0 Å². The number of hydrogen-bond donors (Lipinski definition) is 2. The molecule has 4 nitrogen and oxygen atoms in total. The summed E-state index contributed by atoms with van der Waals surface area (Å²) >= 11 is 0. The maximum Gasteiger partial charge on any atom is 0.159 e. The van der Waals surface area contributed by atoms with Crippen LogP contribution in [0.1, 0.15) is 38.2 Å². The average Bonchev–Trinajstić information content (AvgIpc) is 3.15. The predicted molar refractivity (Wildman–Crippen MR) is 109 cm³/mol. The summed E-state index contributed by atoms with van der Waals surface area (Å²) in [5, 5.41) is 0.838. The Morgan fingerprint density at radius 2 is 1.93 bits per heavy atom. The fourth-order valence-electron chi connectivity index (χ4n) is 4.35. The Bertz CT molecular complexity index is 1040. The Kier molecular flexibility index (Phi) is 5.46. The third-order valence-corrected chi connectivity index (χ3v) is 6.19. The van der Waals surface area contributed by atoms with E-state index in [4.69, 9.17) is 5.73 Å². The van der Waals surface area contributed by atoms with Gasteiger partial charge >= 0.3 is 0 Å². The second-order valence-corrected chi connectivity index (χ2v) is 8.16. The highest BCUT2D eigenvalue weighted by Gasteiger charge is 2.28. The van der Waals surface area contributed by atoms with E-state index in [1.807, 2.05) is 19.1 Å². The number of rotatable bonds is 5. The molecule has 0 bridgehead atoms. The van der Waals surface area contributed by atoms with E-state index in [1.54, 1.807) is 6.20 Å². The minimum Gasteiger partial charge on any atom is -0.339 e. The molecule has 6 heteroatoms. The van der Waals surface area contributed by atoms with E-state index in [0.717, 1.165) is 48.8 Å². The van der Waals surface area contributed by atoms with Gasteiger partial charge in [0.05, 0.1) is 0 Å². The molecule has 3 aromatic rings. The zero-order chi connectivity index (χ0) is 20.5. The molecule has 29 heavy (non-hydrogen) atoms. The van der Waals surface area contributed by atoms with E-state index in [2.05, 4.69) is 9.97 Å². The van der Waals surface area contributed by atoms with Gasteiger partial charge < -0.3 is 10.7 Å². The Morgan fingerprint density at radius 3 is 2.62 bits per heavy atom. The molecule has 0 saturated heterocycles. The number of benzene rings is 1. The Balaban J connectivity index is 1.54. The highest BCUT2D eigenvalue weighted by Crippen LogP contribution is 2.32. The number of halogens is 2. The number of aromatic amines is 1. The van der Waals surface area contributed by atoms with Crippen LogP contribution in [0.4, 0.5) is 8.78 Å². The number of nitrogens with zero attached hydrogens (tertiary/aromatic N) is 1. The molecule has 2 aromatic heterocycles. The van der Waals surface area contributed by atoms with Crippen molar-refractivity contribution in [3.63, 3.8) is 0 Å². The number of pyridine rings is 1. The van der Waals surface area contributed by atoms with Gasteiger partial charge in [-0.3, -0.25) is 4.79 Å². The second kappa shape index (κ2) is 8.03. The molecule has 152 valence electrons. The number of ketones is 1. The van der Waals surface area contributed by atoms with E-state index < -0.39 is 11.6 Å². The Morgan fingerprint density at radius 1 is 1.17 bits per heavy atom. The van der Waals surface area contributed by atoms with Crippen molar-refractivity contribution in [2.45, 2.75) is 45.1 Å². The number of carbonyl (C=O) groups is 1. The van der Waals surface area contributed by atoms with Gasteiger partial charge in [-0.1, -0.05) is 0 Å². The van der Waals surface area contributed by atoms with Crippen molar-refractivity contribution >= 4 is 16.8 Å². The molecule has 2 heterocycles. The lowest BCUT2D eigenvalue weighted by atomic mass is 9.76. The molecule has 4 rings (SSSR count). The van der Waals surface area contributed by atoms with Crippen molar-refractivity contribution < 1.29 is 13.6 Å². The van der Waals surface area contributed by atoms with Gasteiger partial charge in [0, 0.05) is 41.2 Å². The van der Waals surface area contributed by atoms with E-state index in [9.17, 15) is 13.6 Å². The molecule has 3 N–H and O–H groups in total. The van der Waals surface area contributed by atoms with Crippen LogP contribution < -0.4 is 5.73 Å². The van der Waals surface area contributed by atoms with Crippen LogP contribution >= 0.6 is 0 Å². The molecule has 1 fully saturated rings. The summed E-state index contributed by atoms with van der Waals surface area (Å²) in [5.41, 5.74) is 8.72. The molecule has 0 amide bonds. The van der Waals surface area contributed by atoms with Crippen LogP contribution in [0.5, 0.6) is 0 Å². The average molecular weight is 397 g/mol. The van der Waals surface area contributed by atoms with Crippen LogP contribution in [0.2, 0.25) is 0 Å². The molecule has 0 spiro atoms. The smallest absolute Gasteiger partial charge is 0.159 e. The molecule has 1 atom stereocenters. The number of nitrogens with two attached hydrogens (primary N) is 1. The zero-order valence-electron chi connectivity index (χ0n) is 16.4. The minimum atomic E-state index is -0.896. The van der Waals surface area contributed by atoms with Gasteiger partial charge in [-0.15, -0.1) is 0 Å². The third-order valence-electron chi connectivity index (χ3n) is 6.19. The first kappa shape index (κ1) is 19.7. The quantitative estimate of drug-likeness (QED) is 0.651. The van der Waals surface area contributed by atoms with Crippen LogP contribution in [-0.2, 0) is 11.2 Å². The van der Waals surface area contributed by atoms with E-state index >= 15 is 0 Å². The van der Waals surface area contributed by atoms with Crippen molar-refractivity contribution in [3.8, 4) is 11.3 Å². The Hall–Kier alpha value is -2.60. The van der Waals surface area contributed by atoms with Crippen molar-refractivity contribution in [1.82, 2.24) is 9.97 Å². The van der Waals surface area contributed by atoms with Gasteiger partial charge in [0.25, 0.3) is 0 Å². The van der Waals surface area contributed by atoms with Crippen molar-refractivity contribution in [2.75, 3.05) is 0 Å². The van der Waals surface area contributed by atoms with Crippen LogP contribution in [0, 0.1) is 23.5 Å². The van der Waals surface area contributed by atoms with Gasteiger partial charge in [-0.2, -0.15) is 0 Å².